The lowest BCUT2D eigenvalue weighted by Gasteiger charge is -2.12. The number of aromatic nitrogens is 2. The molecule has 0 aliphatic carbocycles. The number of carbonyl (C=O) groups is 2. The van der Waals surface area contributed by atoms with Crippen LogP contribution in [0.1, 0.15) is 12.0 Å². The number of ketones is 1. The fourth-order valence-electron chi connectivity index (χ4n) is 1.37. The molecule has 0 radical (unpaired) electrons. The summed E-state index contributed by atoms with van der Waals surface area (Å²) in [5, 5.41) is 6.42. The maximum atomic E-state index is 11.2. The molecule has 1 amide bonds. The standard InChI is InChI=1S/C8H9N3O2/c12-7-1-8(13)11(5-7)4-6-2-9-10-3-6/h2-3H,1,4-5H2,(H,9,10). The van der Waals surface area contributed by atoms with E-state index in [1.807, 2.05) is 0 Å². The maximum absolute atomic E-state index is 11.2. The molecule has 1 aliphatic heterocycles. The minimum atomic E-state index is -0.0915. The molecule has 0 atom stereocenters. The summed E-state index contributed by atoms with van der Waals surface area (Å²) in [6.07, 6.45) is 3.42. The molecule has 13 heavy (non-hydrogen) atoms. The predicted octanol–water partition coefficient (Wildman–Crippen LogP) is -0.289. The molecular weight excluding hydrogens is 170 g/mol. The van der Waals surface area contributed by atoms with Crippen molar-refractivity contribution in [1.82, 2.24) is 15.1 Å². The molecule has 1 fully saturated rings. The van der Waals surface area contributed by atoms with Crippen LogP contribution >= 0.6 is 0 Å². The zero-order valence-corrected chi connectivity index (χ0v) is 6.99. The molecule has 68 valence electrons. The van der Waals surface area contributed by atoms with Gasteiger partial charge in [-0.3, -0.25) is 14.7 Å². The Balaban J connectivity index is 2.03. The van der Waals surface area contributed by atoms with Gasteiger partial charge in [0.05, 0.1) is 19.2 Å². The number of Topliss-reactive ketones (excluding diaryl/α,β-unsaturated/α-hetero) is 1. The average Bonchev–Trinajstić information content (AvgIpc) is 2.63. The molecule has 5 heteroatoms. The van der Waals surface area contributed by atoms with Crippen molar-refractivity contribution in [2.75, 3.05) is 6.54 Å². The number of nitrogens with zero attached hydrogens (tertiary/aromatic N) is 2. The lowest BCUT2D eigenvalue weighted by atomic mass is 10.3. The summed E-state index contributed by atoms with van der Waals surface area (Å²) in [5.74, 6) is -0.0975. The SMILES string of the molecule is O=C1CC(=O)N(Cc2cn[nH]c2)C1. The number of hydrogen-bond acceptors (Lipinski definition) is 3. The van der Waals surface area contributed by atoms with Crippen molar-refractivity contribution in [1.29, 1.82) is 0 Å². The lowest BCUT2D eigenvalue weighted by molar-refractivity contribution is -0.128. The van der Waals surface area contributed by atoms with E-state index in [9.17, 15) is 9.59 Å². The molecule has 2 heterocycles. The smallest absolute Gasteiger partial charge is 0.230 e. The van der Waals surface area contributed by atoms with E-state index in [0.29, 0.717) is 6.54 Å². The topological polar surface area (TPSA) is 66.1 Å². The number of carbonyl (C=O) groups excluding carboxylic acids is 2. The zero-order chi connectivity index (χ0) is 9.26. The summed E-state index contributed by atoms with van der Waals surface area (Å²) in [6, 6.07) is 0. The molecule has 1 saturated heterocycles. The number of nitrogens with one attached hydrogen (secondary N) is 1. The number of H-pyrrole nitrogens is 1. The van der Waals surface area contributed by atoms with Crippen molar-refractivity contribution in [3.63, 3.8) is 0 Å². The summed E-state index contributed by atoms with van der Waals surface area (Å²) in [6.45, 7) is 0.713. The van der Waals surface area contributed by atoms with E-state index in [-0.39, 0.29) is 24.7 Å². The first kappa shape index (κ1) is 7.97. The second kappa shape index (κ2) is 3.01. The first-order valence-corrected chi connectivity index (χ1v) is 4.03. The summed E-state index contributed by atoms with van der Waals surface area (Å²) in [5.41, 5.74) is 0.919. The number of hydrogen-bond donors (Lipinski definition) is 1. The highest BCUT2D eigenvalue weighted by Gasteiger charge is 2.27. The van der Waals surface area contributed by atoms with Crippen molar-refractivity contribution in [2.45, 2.75) is 13.0 Å². The van der Waals surface area contributed by atoms with E-state index in [0.717, 1.165) is 5.56 Å². The van der Waals surface area contributed by atoms with Gasteiger partial charge in [0.15, 0.2) is 5.78 Å². The number of likely N-dealkylation sites (tertiary alicyclic amines) is 1. The van der Waals surface area contributed by atoms with Crippen LogP contribution in [0.25, 0.3) is 0 Å². The Morgan fingerprint density at radius 2 is 2.38 bits per heavy atom. The van der Waals surface area contributed by atoms with Gasteiger partial charge in [0, 0.05) is 18.3 Å². The lowest BCUT2D eigenvalue weighted by Crippen LogP contribution is -2.24. The zero-order valence-electron chi connectivity index (χ0n) is 6.99. The maximum Gasteiger partial charge on any atom is 0.230 e. The van der Waals surface area contributed by atoms with Crippen molar-refractivity contribution in [2.24, 2.45) is 0 Å². The minimum absolute atomic E-state index is 0.00602. The van der Waals surface area contributed by atoms with Gasteiger partial charge in [-0.1, -0.05) is 0 Å². The van der Waals surface area contributed by atoms with Crippen LogP contribution in [0.5, 0.6) is 0 Å². The second-order valence-corrected chi connectivity index (χ2v) is 3.07. The van der Waals surface area contributed by atoms with Crippen LogP contribution in [0.2, 0.25) is 0 Å². The fourth-order valence-corrected chi connectivity index (χ4v) is 1.37. The van der Waals surface area contributed by atoms with Gasteiger partial charge in [-0.15, -0.1) is 0 Å². The molecule has 0 aromatic carbocycles. The van der Waals surface area contributed by atoms with Gasteiger partial charge in [-0.05, 0) is 0 Å². The monoisotopic (exact) mass is 179 g/mol. The van der Waals surface area contributed by atoms with Gasteiger partial charge in [0.1, 0.15) is 0 Å². The Morgan fingerprint density at radius 3 is 2.92 bits per heavy atom. The van der Waals surface area contributed by atoms with Crippen LogP contribution in [0.15, 0.2) is 12.4 Å². The molecule has 2 rings (SSSR count). The summed E-state index contributed by atoms with van der Waals surface area (Å²) < 4.78 is 0. The van der Waals surface area contributed by atoms with Gasteiger partial charge >= 0.3 is 0 Å². The Hall–Kier alpha value is -1.65. The van der Waals surface area contributed by atoms with E-state index in [1.54, 1.807) is 12.4 Å². The molecule has 5 nitrogen and oxygen atoms in total. The summed E-state index contributed by atoms with van der Waals surface area (Å²) in [7, 11) is 0. The van der Waals surface area contributed by atoms with E-state index < -0.39 is 0 Å². The van der Waals surface area contributed by atoms with Gasteiger partial charge in [0.25, 0.3) is 0 Å². The molecule has 0 saturated carbocycles. The fraction of sp³-hybridized carbons (Fsp3) is 0.375. The van der Waals surface area contributed by atoms with Crippen molar-refractivity contribution < 1.29 is 9.59 Å². The highest BCUT2D eigenvalue weighted by Crippen LogP contribution is 2.10. The minimum Gasteiger partial charge on any atom is -0.331 e. The Morgan fingerprint density at radius 1 is 1.54 bits per heavy atom. The van der Waals surface area contributed by atoms with Crippen LogP contribution in [-0.4, -0.2) is 33.3 Å². The van der Waals surface area contributed by atoms with Crippen molar-refractivity contribution >= 4 is 11.7 Å². The van der Waals surface area contributed by atoms with E-state index in [1.165, 1.54) is 4.90 Å². The van der Waals surface area contributed by atoms with E-state index >= 15 is 0 Å². The molecular formula is C8H9N3O2. The first-order valence-electron chi connectivity index (χ1n) is 4.03. The molecule has 1 aliphatic rings. The Kier molecular flexibility index (Phi) is 1.84. The summed E-state index contributed by atoms with van der Waals surface area (Å²) >= 11 is 0. The third-order valence-corrected chi connectivity index (χ3v) is 2.00. The number of rotatable bonds is 2. The molecule has 0 unspecified atom stereocenters. The highest BCUT2D eigenvalue weighted by atomic mass is 16.2. The number of aromatic amines is 1. The first-order chi connectivity index (χ1) is 6.25. The van der Waals surface area contributed by atoms with Gasteiger partial charge < -0.3 is 4.90 Å². The van der Waals surface area contributed by atoms with Crippen molar-refractivity contribution in [3.8, 4) is 0 Å². The Labute approximate surface area is 74.7 Å². The van der Waals surface area contributed by atoms with Gasteiger partial charge in [-0.2, -0.15) is 5.10 Å². The van der Waals surface area contributed by atoms with Crippen LogP contribution in [0.3, 0.4) is 0 Å². The third-order valence-electron chi connectivity index (χ3n) is 2.00. The van der Waals surface area contributed by atoms with E-state index in [4.69, 9.17) is 0 Å². The molecule has 0 spiro atoms. The third kappa shape index (κ3) is 1.58. The highest BCUT2D eigenvalue weighted by molar-refractivity contribution is 6.05. The van der Waals surface area contributed by atoms with Crippen LogP contribution in [0.4, 0.5) is 0 Å². The Bertz CT molecular complexity index is 331. The quantitative estimate of drug-likeness (QED) is 0.634. The van der Waals surface area contributed by atoms with Gasteiger partial charge in [0.2, 0.25) is 5.91 Å². The van der Waals surface area contributed by atoms with Gasteiger partial charge in [-0.25, -0.2) is 0 Å². The van der Waals surface area contributed by atoms with Crippen LogP contribution in [0, 0.1) is 0 Å². The second-order valence-electron chi connectivity index (χ2n) is 3.07. The summed E-state index contributed by atoms with van der Waals surface area (Å²) in [4.78, 5) is 23.6. The normalized spacial score (nSPS) is 17.1. The van der Waals surface area contributed by atoms with E-state index in [2.05, 4.69) is 10.2 Å². The molecule has 1 aromatic heterocycles. The number of amides is 1. The average molecular weight is 179 g/mol. The van der Waals surface area contributed by atoms with Crippen molar-refractivity contribution in [3.05, 3.63) is 18.0 Å². The largest absolute Gasteiger partial charge is 0.331 e. The molecule has 0 bridgehead atoms. The molecule has 1 N–H and O–H groups in total. The molecule has 1 aromatic rings. The van der Waals surface area contributed by atoms with Crippen LogP contribution in [-0.2, 0) is 16.1 Å². The predicted molar refractivity (Wildman–Crippen MR) is 43.6 cm³/mol. The van der Waals surface area contributed by atoms with Crippen LogP contribution < -0.4 is 0 Å².